The van der Waals surface area contributed by atoms with Gasteiger partial charge in [0, 0.05) is 18.9 Å². The highest BCUT2D eigenvalue weighted by atomic mass is 35.5. The molecule has 0 aliphatic carbocycles. The molecule has 86 valence electrons. The first-order valence-electron chi connectivity index (χ1n) is 5.21. The number of ketones is 1. The van der Waals surface area contributed by atoms with Crippen molar-refractivity contribution in [3.63, 3.8) is 0 Å². The van der Waals surface area contributed by atoms with Crippen molar-refractivity contribution in [2.75, 3.05) is 13.2 Å². The molecule has 1 aromatic rings. The minimum absolute atomic E-state index is 0.0103. The van der Waals surface area contributed by atoms with Crippen LogP contribution in [-0.4, -0.2) is 19.0 Å². The molecule has 1 fully saturated rings. The summed E-state index contributed by atoms with van der Waals surface area (Å²) in [5, 5.41) is 0.0629. The molecular weight excluding hydrogens is 231 g/mol. The Morgan fingerprint density at radius 3 is 3.00 bits per heavy atom. The van der Waals surface area contributed by atoms with Crippen molar-refractivity contribution in [3.8, 4) is 0 Å². The highest BCUT2D eigenvalue weighted by molar-refractivity contribution is 6.30. The molecule has 2 nitrogen and oxygen atoms in total. The monoisotopic (exact) mass is 242 g/mol. The van der Waals surface area contributed by atoms with Gasteiger partial charge in [-0.3, -0.25) is 4.79 Å². The van der Waals surface area contributed by atoms with Crippen LogP contribution < -0.4 is 0 Å². The SMILES string of the molecule is O=C(Cc1ccc(F)c(Cl)c1)C1CCOC1. The van der Waals surface area contributed by atoms with E-state index in [1.807, 2.05) is 0 Å². The van der Waals surface area contributed by atoms with Gasteiger partial charge >= 0.3 is 0 Å². The van der Waals surface area contributed by atoms with Gasteiger partial charge in [0.1, 0.15) is 11.6 Å². The van der Waals surface area contributed by atoms with Crippen LogP contribution in [0.15, 0.2) is 18.2 Å². The molecule has 0 radical (unpaired) electrons. The lowest BCUT2D eigenvalue weighted by Gasteiger charge is -2.06. The topological polar surface area (TPSA) is 26.3 Å². The van der Waals surface area contributed by atoms with Gasteiger partial charge in [0.05, 0.1) is 11.6 Å². The van der Waals surface area contributed by atoms with Gasteiger partial charge in [-0.25, -0.2) is 4.39 Å². The Labute approximate surface area is 98.4 Å². The van der Waals surface area contributed by atoms with Gasteiger partial charge in [0.2, 0.25) is 0 Å². The second kappa shape index (κ2) is 4.93. The molecule has 0 aromatic heterocycles. The Kier molecular flexibility index (Phi) is 3.56. The molecule has 0 amide bonds. The zero-order chi connectivity index (χ0) is 11.5. The summed E-state index contributed by atoms with van der Waals surface area (Å²) in [7, 11) is 0. The summed E-state index contributed by atoms with van der Waals surface area (Å²) in [6.45, 7) is 1.16. The van der Waals surface area contributed by atoms with E-state index in [1.54, 1.807) is 6.07 Å². The maximum Gasteiger partial charge on any atom is 0.142 e. The Morgan fingerprint density at radius 1 is 1.56 bits per heavy atom. The molecule has 0 saturated carbocycles. The first-order chi connectivity index (χ1) is 7.66. The molecule has 1 aliphatic rings. The fraction of sp³-hybridized carbons (Fsp3) is 0.417. The summed E-state index contributed by atoms with van der Waals surface area (Å²) in [6, 6.07) is 4.38. The van der Waals surface area contributed by atoms with Gasteiger partial charge in [-0.15, -0.1) is 0 Å². The highest BCUT2D eigenvalue weighted by Crippen LogP contribution is 2.19. The van der Waals surface area contributed by atoms with Crippen LogP contribution >= 0.6 is 11.6 Å². The summed E-state index contributed by atoms with van der Waals surface area (Å²) in [6.07, 6.45) is 1.09. The van der Waals surface area contributed by atoms with Gasteiger partial charge in [-0.2, -0.15) is 0 Å². The molecule has 0 spiro atoms. The van der Waals surface area contributed by atoms with Crippen LogP contribution in [0.3, 0.4) is 0 Å². The normalized spacial score (nSPS) is 20.0. The Bertz CT molecular complexity index is 400. The van der Waals surface area contributed by atoms with Crippen molar-refractivity contribution < 1.29 is 13.9 Å². The number of rotatable bonds is 3. The second-order valence-electron chi connectivity index (χ2n) is 3.95. The summed E-state index contributed by atoms with van der Waals surface area (Å²) in [5.74, 6) is -0.328. The molecule has 1 saturated heterocycles. The van der Waals surface area contributed by atoms with E-state index in [4.69, 9.17) is 16.3 Å². The zero-order valence-electron chi connectivity index (χ0n) is 8.71. The van der Waals surface area contributed by atoms with E-state index in [0.717, 1.165) is 12.0 Å². The van der Waals surface area contributed by atoms with Gasteiger partial charge in [0.15, 0.2) is 0 Å². The average Bonchev–Trinajstić information content (AvgIpc) is 2.77. The van der Waals surface area contributed by atoms with Crippen molar-refractivity contribution in [2.45, 2.75) is 12.8 Å². The lowest BCUT2D eigenvalue weighted by atomic mass is 9.97. The van der Waals surface area contributed by atoms with E-state index >= 15 is 0 Å². The molecule has 1 atom stereocenters. The second-order valence-corrected chi connectivity index (χ2v) is 4.36. The number of benzene rings is 1. The molecule has 1 aromatic carbocycles. The quantitative estimate of drug-likeness (QED) is 0.815. The largest absolute Gasteiger partial charge is 0.381 e. The maximum atomic E-state index is 12.9. The summed E-state index contributed by atoms with van der Waals surface area (Å²) < 4.78 is 18.1. The predicted octanol–water partition coefficient (Wildman–Crippen LogP) is 2.63. The molecule has 1 aliphatic heterocycles. The molecule has 4 heteroatoms. The molecular formula is C12H12ClFO2. The Balaban J connectivity index is 2.02. The van der Waals surface area contributed by atoms with Gasteiger partial charge in [-0.1, -0.05) is 17.7 Å². The molecule has 1 unspecified atom stereocenters. The van der Waals surface area contributed by atoms with Crippen LogP contribution in [0.25, 0.3) is 0 Å². The lowest BCUT2D eigenvalue weighted by molar-refractivity contribution is -0.122. The molecule has 0 N–H and O–H groups in total. The number of carbonyl (C=O) groups is 1. The number of ether oxygens (including phenoxy) is 1. The van der Waals surface area contributed by atoms with Crippen LogP contribution in [0.2, 0.25) is 5.02 Å². The van der Waals surface area contributed by atoms with Crippen LogP contribution in [0.1, 0.15) is 12.0 Å². The van der Waals surface area contributed by atoms with Gasteiger partial charge in [0.25, 0.3) is 0 Å². The summed E-state index contributed by atoms with van der Waals surface area (Å²) in [5.41, 5.74) is 0.753. The van der Waals surface area contributed by atoms with Gasteiger partial charge in [-0.05, 0) is 24.1 Å². The third-order valence-electron chi connectivity index (χ3n) is 2.75. The minimum Gasteiger partial charge on any atom is -0.381 e. The smallest absolute Gasteiger partial charge is 0.142 e. The average molecular weight is 243 g/mol. The van der Waals surface area contributed by atoms with Crippen LogP contribution in [0, 0.1) is 11.7 Å². The molecule has 0 bridgehead atoms. The third kappa shape index (κ3) is 2.60. The Hall–Kier alpha value is -0.930. The molecule has 1 heterocycles. The van der Waals surface area contributed by atoms with E-state index in [-0.39, 0.29) is 16.7 Å². The molecule has 16 heavy (non-hydrogen) atoms. The minimum atomic E-state index is -0.456. The zero-order valence-corrected chi connectivity index (χ0v) is 9.47. The van der Waals surface area contributed by atoms with Crippen molar-refractivity contribution in [2.24, 2.45) is 5.92 Å². The van der Waals surface area contributed by atoms with Gasteiger partial charge < -0.3 is 4.74 Å². The first kappa shape index (κ1) is 11.6. The van der Waals surface area contributed by atoms with Crippen LogP contribution in [0.5, 0.6) is 0 Å². The fourth-order valence-corrected chi connectivity index (χ4v) is 1.99. The van der Waals surface area contributed by atoms with E-state index in [0.29, 0.717) is 19.6 Å². The van der Waals surface area contributed by atoms with Crippen molar-refractivity contribution in [3.05, 3.63) is 34.6 Å². The van der Waals surface area contributed by atoms with E-state index < -0.39 is 5.82 Å². The van der Waals surface area contributed by atoms with Crippen molar-refractivity contribution in [1.82, 2.24) is 0 Å². The number of carbonyl (C=O) groups excluding carboxylic acids is 1. The number of hydrogen-bond acceptors (Lipinski definition) is 2. The van der Waals surface area contributed by atoms with Crippen molar-refractivity contribution >= 4 is 17.4 Å². The van der Waals surface area contributed by atoms with E-state index in [9.17, 15) is 9.18 Å². The molecule has 2 rings (SSSR count). The van der Waals surface area contributed by atoms with Crippen molar-refractivity contribution in [1.29, 1.82) is 0 Å². The van der Waals surface area contributed by atoms with E-state index in [1.165, 1.54) is 12.1 Å². The summed E-state index contributed by atoms with van der Waals surface area (Å²) >= 11 is 5.65. The standard InChI is InChI=1S/C12H12ClFO2/c13-10-5-8(1-2-11(10)14)6-12(15)9-3-4-16-7-9/h1-2,5,9H,3-4,6-7H2. The number of halogens is 2. The fourth-order valence-electron chi connectivity index (χ4n) is 1.78. The predicted molar refractivity (Wildman–Crippen MR) is 59.0 cm³/mol. The third-order valence-corrected chi connectivity index (χ3v) is 3.04. The van der Waals surface area contributed by atoms with Crippen LogP contribution in [0.4, 0.5) is 4.39 Å². The van der Waals surface area contributed by atoms with Crippen LogP contribution in [-0.2, 0) is 16.0 Å². The van der Waals surface area contributed by atoms with E-state index in [2.05, 4.69) is 0 Å². The number of hydrogen-bond donors (Lipinski definition) is 0. The maximum absolute atomic E-state index is 12.9. The summed E-state index contributed by atoms with van der Waals surface area (Å²) in [4.78, 5) is 11.8. The Morgan fingerprint density at radius 2 is 2.38 bits per heavy atom. The number of Topliss-reactive ketones (excluding diaryl/α,β-unsaturated/α-hetero) is 1. The first-order valence-corrected chi connectivity index (χ1v) is 5.59. The highest BCUT2D eigenvalue weighted by Gasteiger charge is 2.23. The lowest BCUT2D eigenvalue weighted by Crippen LogP contribution is -2.16.